The summed E-state index contributed by atoms with van der Waals surface area (Å²) in [5.74, 6) is 0.271. The number of thioether (sulfide) groups is 1. The molecule has 0 aliphatic heterocycles. The van der Waals surface area contributed by atoms with Crippen molar-refractivity contribution in [3.63, 3.8) is 0 Å². The van der Waals surface area contributed by atoms with Gasteiger partial charge in [-0.15, -0.1) is 5.10 Å². The van der Waals surface area contributed by atoms with Crippen molar-refractivity contribution in [1.82, 2.24) is 30.8 Å². The molecule has 0 fully saturated rings. The summed E-state index contributed by atoms with van der Waals surface area (Å²) in [6.07, 6.45) is 4.13. The van der Waals surface area contributed by atoms with E-state index in [-0.39, 0.29) is 5.75 Å². The number of urea groups is 1. The Morgan fingerprint density at radius 3 is 2.82 bits per heavy atom. The zero-order chi connectivity index (χ0) is 15.8. The molecule has 0 radical (unpaired) electrons. The quantitative estimate of drug-likeness (QED) is 0.689. The number of H-pyrrole nitrogens is 1. The molecule has 0 saturated heterocycles. The highest BCUT2D eigenvalue weighted by molar-refractivity contribution is 7.99. The van der Waals surface area contributed by atoms with Crippen LogP contribution >= 0.6 is 11.8 Å². The first-order valence-corrected chi connectivity index (χ1v) is 7.71. The molecule has 2 aromatic heterocycles. The van der Waals surface area contributed by atoms with Crippen LogP contribution in [0.1, 0.15) is 13.3 Å². The molecule has 116 valence electrons. The third-order valence-electron chi connectivity index (χ3n) is 2.54. The van der Waals surface area contributed by atoms with Crippen molar-refractivity contribution in [3.8, 4) is 11.4 Å². The number of nitrogens with zero attached hydrogens (tertiary/aromatic N) is 3. The van der Waals surface area contributed by atoms with Gasteiger partial charge in [-0.1, -0.05) is 18.7 Å². The number of amides is 3. The Labute approximate surface area is 131 Å². The summed E-state index contributed by atoms with van der Waals surface area (Å²) in [5, 5.41) is 12.1. The number of hydrogen-bond donors (Lipinski definition) is 3. The van der Waals surface area contributed by atoms with Crippen molar-refractivity contribution >= 4 is 23.7 Å². The van der Waals surface area contributed by atoms with Crippen LogP contribution < -0.4 is 10.6 Å². The van der Waals surface area contributed by atoms with Crippen molar-refractivity contribution < 1.29 is 9.59 Å². The normalized spacial score (nSPS) is 10.2. The van der Waals surface area contributed by atoms with Gasteiger partial charge in [0.15, 0.2) is 5.82 Å². The molecule has 0 spiro atoms. The Hall–Kier alpha value is -2.42. The second-order valence-corrected chi connectivity index (χ2v) is 5.24. The van der Waals surface area contributed by atoms with Gasteiger partial charge < -0.3 is 5.32 Å². The van der Waals surface area contributed by atoms with Gasteiger partial charge in [0.05, 0.1) is 5.75 Å². The van der Waals surface area contributed by atoms with E-state index in [4.69, 9.17) is 0 Å². The number of carbonyl (C=O) groups is 2. The number of pyridine rings is 1. The SMILES string of the molecule is CCCNC(=O)NC(=O)CSc1n[nH]c(-c2ccncc2)n1. The van der Waals surface area contributed by atoms with Gasteiger partial charge in [-0.05, 0) is 18.6 Å². The summed E-state index contributed by atoms with van der Waals surface area (Å²) in [6.45, 7) is 2.46. The molecule has 2 heterocycles. The lowest BCUT2D eigenvalue weighted by molar-refractivity contribution is -0.117. The Morgan fingerprint density at radius 1 is 1.32 bits per heavy atom. The number of aromatic nitrogens is 4. The molecule has 2 aromatic rings. The van der Waals surface area contributed by atoms with E-state index in [0.717, 1.165) is 23.7 Å². The van der Waals surface area contributed by atoms with Gasteiger partial charge >= 0.3 is 6.03 Å². The highest BCUT2D eigenvalue weighted by Gasteiger charge is 2.10. The van der Waals surface area contributed by atoms with Gasteiger partial charge in [-0.25, -0.2) is 9.78 Å². The number of hydrogen-bond acceptors (Lipinski definition) is 6. The van der Waals surface area contributed by atoms with Gasteiger partial charge in [0.25, 0.3) is 0 Å². The minimum absolute atomic E-state index is 0.0627. The molecular weight excluding hydrogens is 304 g/mol. The minimum atomic E-state index is -0.486. The fraction of sp³-hybridized carbons (Fsp3) is 0.308. The molecule has 0 unspecified atom stereocenters. The standard InChI is InChI=1S/C13H16N6O2S/c1-2-5-15-12(21)16-10(20)8-22-13-17-11(18-19-13)9-3-6-14-7-4-9/h3-4,6-7H,2,5,8H2,1H3,(H,17,18,19)(H2,15,16,20,21). The topological polar surface area (TPSA) is 113 Å². The fourth-order valence-electron chi connectivity index (χ4n) is 1.53. The summed E-state index contributed by atoms with van der Waals surface area (Å²) < 4.78 is 0. The Bertz CT molecular complexity index is 630. The maximum absolute atomic E-state index is 11.6. The van der Waals surface area contributed by atoms with Crippen molar-refractivity contribution in [1.29, 1.82) is 0 Å². The van der Waals surface area contributed by atoms with Crippen molar-refractivity contribution in [2.45, 2.75) is 18.5 Å². The maximum Gasteiger partial charge on any atom is 0.321 e. The van der Waals surface area contributed by atoms with E-state index in [9.17, 15) is 9.59 Å². The Morgan fingerprint density at radius 2 is 2.09 bits per heavy atom. The average molecular weight is 320 g/mol. The van der Waals surface area contributed by atoms with Crippen LogP contribution in [0.4, 0.5) is 4.79 Å². The van der Waals surface area contributed by atoms with Crippen LogP contribution in [0.2, 0.25) is 0 Å². The van der Waals surface area contributed by atoms with Crippen LogP contribution in [-0.4, -0.2) is 44.4 Å². The van der Waals surface area contributed by atoms with Crippen LogP contribution in [0.3, 0.4) is 0 Å². The molecule has 0 aliphatic carbocycles. The lowest BCUT2D eigenvalue weighted by Crippen LogP contribution is -2.40. The first kappa shape index (κ1) is 16.0. The molecule has 22 heavy (non-hydrogen) atoms. The molecule has 0 aliphatic rings. The average Bonchev–Trinajstić information content (AvgIpc) is 3.01. The Balaban J connectivity index is 1.81. The maximum atomic E-state index is 11.6. The summed E-state index contributed by atoms with van der Waals surface area (Å²) in [4.78, 5) is 31.1. The zero-order valence-electron chi connectivity index (χ0n) is 12.0. The zero-order valence-corrected chi connectivity index (χ0v) is 12.8. The van der Waals surface area contributed by atoms with Crippen LogP contribution in [-0.2, 0) is 4.79 Å². The van der Waals surface area contributed by atoms with Crippen molar-refractivity contribution in [3.05, 3.63) is 24.5 Å². The smallest absolute Gasteiger partial charge is 0.321 e. The number of imide groups is 1. The number of rotatable bonds is 6. The summed E-state index contributed by atoms with van der Waals surface area (Å²) >= 11 is 1.15. The molecule has 2 rings (SSSR count). The van der Waals surface area contributed by atoms with E-state index >= 15 is 0 Å². The monoisotopic (exact) mass is 320 g/mol. The lowest BCUT2D eigenvalue weighted by atomic mass is 10.3. The van der Waals surface area contributed by atoms with Gasteiger partial charge in [0, 0.05) is 24.5 Å². The third kappa shape index (κ3) is 4.85. The van der Waals surface area contributed by atoms with E-state index in [1.165, 1.54) is 0 Å². The highest BCUT2D eigenvalue weighted by atomic mass is 32.2. The minimum Gasteiger partial charge on any atom is -0.338 e. The first-order valence-electron chi connectivity index (χ1n) is 6.72. The largest absolute Gasteiger partial charge is 0.338 e. The molecule has 0 saturated carbocycles. The summed E-state index contributed by atoms with van der Waals surface area (Å²) in [7, 11) is 0. The van der Waals surface area contributed by atoms with Gasteiger partial charge in [-0.3, -0.25) is 20.2 Å². The summed E-state index contributed by atoms with van der Waals surface area (Å²) in [5.41, 5.74) is 0.859. The molecule has 0 aromatic carbocycles. The van der Waals surface area contributed by atoms with Gasteiger partial charge in [0.2, 0.25) is 11.1 Å². The second-order valence-electron chi connectivity index (χ2n) is 4.30. The van der Waals surface area contributed by atoms with Gasteiger partial charge in [-0.2, -0.15) is 0 Å². The predicted octanol–water partition coefficient (Wildman–Crippen LogP) is 1.19. The number of nitrogens with one attached hydrogen (secondary N) is 3. The molecule has 0 bridgehead atoms. The summed E-state index contributed by atoms with van der Waals surface area (Å²) in [6, 6.07) is 3.12. The van der Waals surface area contributed by atoms with Gasteiger partial charge in [0.1, 0.15) is 0 Å². The van der Waals surface area contributed by atoms with Crippen molar-refractivity contribution in [2.75, 3.05) is 12.3 Å². The fourth-order valence-corrected chi connectivity index (χ4v) is 2.12. The predicted molar refractivity (Wildman–Crippen MR) is 82.2 cm³/mol. The number of aromatic amines is 1. The van der Waals surface area contributed by atoms with Crippen LogP contribution in [0.5, 0.6) is 0 Å². The highest BCUT2D eigenvalue weighted by Crippen LogP contribution is 2.17. The molecule has 0 atom stereocenters. The first-order chi connectivity index (χ1) is 10.7. The van der Waals surface area contributed by atoms with E-state index in [0.29, 0.717) is 17.5 Å². The molecule has 8 nitrogen and oxygen atoms in total. The lowest BCUT2D eigenvalue weighted by Gasteiger charge is -2.04. The van der Waals surface area contributed by atoms with Crippen molar-refractivity contribution in [2.24, 2.45) is 0 Å². The molecule has 3 amide bonds. The molecule has 9 heteroatoms. The van der Waals surface area contributed by atoms with E-state index in [1.807, 2.05) is 6.92 Å². The Kier molecular flexibility index (Phi) is 5.90. The van der Waals surface area contributed by atoms with Crippen LogP contribution in [0.25, 0.3) is 11.4 Å². The second kappa shape index (κ2) is 8.13. The number of carbonyl (C=O) groups excluding carboxylic acids is 2. The molecular formula is C13H16N6O2S. The van der Waals surface area contributed by atoms with E-state index in [1.54, 1.807) is 24.5 Å². The van der Waals surface area contributed by atoms with E-state index in [2.05, 4.69) is 30.8 Å². The third-order valence-corrected chi connectivity index (χ3v) is 3.39. The molecule has 3 N–H and O–H groups in total. The van der Waals surface area contributed by atoms with E-state index < -0.39 is 11.9 Å². The van der Waals surface area contributed by atoms with Crippen LogP contribution in [0.15, 0.2) is 29.7 Å². The van der Waals surface area contributed by atoms with Crippen LogP contribution in [0, 0.1) is 0 Å².